The predicted octanol–water partition coefficient (Wildman–Crippen LogP) is 5.89. The number of carbonyl (C=O) groups excluding carboxylic acids is 2. The van der Waals surface area contributed by atoms with Crippen molar-refractivity contribution in [3.63, 3.8) is 0 Å². The molecule has 43 heavy (non-hydrogen) atoms. The summed E-state index contributed by atoms with van der Waals surface area (Å²) >= 11 is 0. The van der Waals surface area contributed by atoms with Crippen molar-refractivity contribution in [2.24, 2.45) is 0 Å². The summed E-state index contributed by atoms with van der Waals surface area (Å²) in [6, 6.07) is 20.7. The van der Waals surface area contributed by atoms with Crippen LogP contribution in [0.3, 0.4) is 0 Å². The maximum absolute atomic E-state index is 13.2. The van der Waals surface area contributed by atoms with Crippen LogP contribution < -0.4 is 10.2 Å². The van der Waals surface area contributed by atoms with Crippen LogP contribution in [-0.2, 0) is 11.3 Å². The number of nitrogens with one attached hydrogen (secondary N) is 1. The van der Waals surface area contributed by atoms with E-state index in [0.717, 1.165) is 54.0 Å². The number of benzene rings is 2. The fourth-order valence-electron chi connectivity index (χ4n) is 5.33. The van der Waals surface area contributed by atoms with Gasteiger partial charge in [-0.15, -0.1) is 0 Å². The summed E-state index contributed by atoms with van der Waals surface area (Å²) in [5.41, 5.74) is 5.37. The van der Waals surface area contributed by atoms with Crippen molar-refractivity contribution in [1.29, 1.82) is 0 Å². The van der Waals surface area contributed by atoms with E-state index in [1.54, 1.807) is 42.9 Å². The highest BCUT2D eigenvalue weighted by atomic mass is 16.4. The quantitative estimate of drug-likeness (QED) is 0.241. The molecule has 2 amide bonds. The largest absolute Gasteiger partial charge is 0.481 e. The maximum Gasteiger partial charge on any atom is 0.305 e. The molecule has 2 N–H and O–H groups in total. The molecule has 0 radical (unpaired) electrons. The lowest BCUT2D eigenvalue weighted by Gasteiger charge is -2.26. The molecule has 1 fully saturated rings. The Kier molecular flexibility index (Phi) is 9.74. The Hall–Kier alpha value is -5.05. The number of carboxylic acids is 1. The number of hydrogen-bond acceptors (Lipinski definition) is 6. The molecular formula is C34H35N5O4. The lowest BCUT2D eigenvalue weighted by Crippen LogP contribution is -2.32. The number of pyridine rings is 2. The van der Waals surface area contributed by atoms with E-state index in [2.05, 4.69) is 32.3 Å². The fraction of sp³-hybridized carbons (Fsp3) is 0.265. The van der Waals surface area contributed by atoms with Crippen molar-refractivity contribution in [3.05, 3.63) is 108 Å². The Morgan fingerprint density at radius 3 is 2.30 bits per heavy atom. The van der Waals surface area contributed by atoms with Crippen LogP contribution in [0.15, 0.2) is 91.5 Å². The van der Waals surface area contributed by atoms with Gasteiger partial charge in [-0.05, 0) is 72.0 Å². The van der Waals surface area contributed by atoms with Crippen LogP contribution in [-0.4, -0.2) is 57.4 Å². The highest BCUT2D eigenvalue weighted by molar-refractivity contribution is 6.06. The first-order valence-electron chi connectivity index (χ1n) is 14.6. The van der Waals surface area contributed by atoms with Gasteiger partial charge in [0.15, 0.2) is 0 Å². The average Bonchev–Trinajstić information content (AvgIpc) is 3.33. The zero-order valence-corrected chi connectivity index (χ0v) is 24.0. The van der Waals surface area contributed by atoms with Gasteiger partial charge < -0.3 is 20.2 Å². The van der Waals surface area contributed by atoms with Crippen LogP contribution in [0, 0.1) is 0 Å². The highest BCUT2D eigenvalue weighted by Gasteiger charge is 2.19. The summed E-state index contributed by atoms with van der Waals surface area (Å²) in [5, 5.41) is 12.4. The molecule has 2 aromatic carbocycles. The normalized spacial score (nSPS) is 13.2. The van der Waals surface area contributed by atoms with Gasteiger partial charge in [0.1, 0.15) is 0 Å². The third-order valence-corrected chi connectivity index (χ3v) is 7.56. The van der Waals surface area contributed by atoms with Gasteiger partial charge in [-0.1, -0.05) is 37.1 Å². The number of aromatic nitrogens is 2. The van der Waals surface area contributed by atoms with Crippen LogP contribution in [0.2, 0.25) is 0 Å². The molecule has 1 saturated heterocycles. The van der Waals surface area contributed by atoms with E-state index in [0.29, 0.717) is 11.1 Å². The number of hydrogen-bond donors (Lipinski definition) is 2. The summed E-state index contributed by atoms with van der Waals surface area (Å²) in [5.74, 6) is -1.45. The second kappa shape index (κ2) is 14.2. The van der Waals surface area contributed by atoms with Crippen molar-refractivity contribution in [3.8, 4) is 11.1 Å². The molecule has 5 rings (SSSR count). The molecule has 9 nitrogen and oxygen atoms in total. The fourth-order valence-corrected chi connectivity index (χ4v) is 5.33. The topological polar surface area (TPSA) is 116 Å². The standard InChI is InChI=1S/C34H35N5O4/c40-32(41)14-20-39(34(43)29-9-6-15-36-23-29)24-25-7-5-8-27(21-25)28-10-11-31(38-18-3-1-2-4-19-38)30(22-28)37-33(42)26-12-16-35-17-13-26/h5-13,15-17,21-23H,1-4,14,18-20,24H2,(H,37,42)(H,40,41). The molecule has 3 heterocycles. The molecular weight excluding hydrogens is 542 g/mol. The highest BCUT2D eigenvalue weighted by Crippen LogP contribution is 2.34. The number of rotatable bonds is 10. The lowest BCUT2D eigenvalue weighted by molar-refractivity contribution is -0.137. The Morgan fingerprint density at radius 1 is 0.814 bits per heavy atom. The zero-order valence-electron chi connectivity index (χ0n) is 24.0. The minimum Gasteiger partial charge on any atom is -0.481 e. The number of aliphatic carboxylic acids is 1. The third kappa shape index (κ3) is 7.82. The van der Waals surface area contributed by atoms with Crippen molar-refractivity contribution in [2.75, 3.05) is 29.9 Å². The third-order valence-electron chi connectivity index (χ3n) is 7.56. The van der Waals surface area contributed by atoms with Crippen LogP contribution in [0.1, 0.15) is 58.4 Å². The number of amides is 2. The van der Waals surface area contributed by atoms with E-state index in [1.807, 2.05) is 30.3 Å². The molecule has 220 valence electrons. The smallest absolute Gasteiger partial charge is 0.305 e. The molecule has 0 saturated carbocycles. The Labute approximate surface area is 251 Å². The number of carbonyl (C=O) groups is 3. The number of nitrogens with zero attached hydrogens (tertiary/aromatic N) is 4. The van der Waals surface area contributed by atoms with Gasteiger partial charge in [0.25, 0.3) is 11.8 Å². The Balaban J connectivity index is 1.44. The van der Waals surface area contributed by atoms with E-state index < -0.39 is 5.97 Å². The molecule has 0 spiro atoms. The van der Waals surface area contributed by atoms with Gasteiger partial charge in [0, 0.05) is 56.5 Å². The Morgan fingerprint density at radius 2 is 1.58 bits per heavy atom. The summed E-state index contributed by atoms with van der Waals surface area (Å²) in [7, 11) is 0. The minimum absolute atomic E-state index is 0.0724. The monoisotopic (exact) mass is 577 g/mol. The molecule has 9 heteroatoms. The van der Waals surface area contributed by atoms with Gasteiger partial charge in [-0.3, -0.25) is 24.4 Å². The molecule has 0 aliphatic carbocycles. The molecule has 2 aromatic heterocycles. The van der Waals surface area contributed by atoms with E-state index >= 15 is 0 Å². The summed E-state index contributed by atoms with van der Waals surface area (Å²) in [4.78, 5) is 49.7. The second-order valence-electron chi connectivity index (χ2n) is 10.6. The van der Waals surface area contributed by atoms with Crippen LogP contribution in [0.25, 0.3) is 11.1 Å². The molecule has 4 aromatic rings. The molecule has 0 unspecified atom stereocenters. The summed E-state index contributed by atoms with van der Waals surface area (Å²) < 4.78 is 0. The molecule has 1 aliphatic heterocycles. The van der Waals surface area contributed by atoms with Crippen LogP contribution in [0.5, 0.6) is 0 Å². The number of anilines is 2. The molecule has 1 aliphatic rings. The van der Waals surface area contributed by atoms with Crippen molar-refractivity contribution < 1.29 is 19.5 Å². The second-order valence-corrected chi connectivity index (χ2v) is 10.6. The Bertz CT molecular complexity index is 1550. The number of carboxylic acid groups (broad SMARTS) is 1. The van der Waals surface area contributed by atoms with E-state index in [-0.39, 0.29) is 31.3 Å². The first-order valence-corrected chi connectivity index (χ1v) is 14.6. The maximum atomic E-state index is 13.2. The summed E-state index contributed by atoms with van der Waals surface area (Å²) in [6.45, 7) is 2.18. The molecule has 0 atom stereocenters. The van der Waals surface area contributed by atoms with Crippen molar-refractivity contribution in [2.45, 2.75) is 38.6 Å². The van der Waals surface area contributed by atoms with Gasteiger partial charge in [0.2, 0.25) is 0 Å². The SMILES string of the molecule is O=C(O)CCN(Cc1cccc(-c2ccc(N3CCCCCC3)c(NC(=O)c3ccncc3)c2)c1)C(=O)c1cccnc1. The van der Waals surface area contributed by atoms with E-state index in [9.17, 15) is 19.5 Å². The lowest BCUT2D eigenvalue weighted by atomic mass is 10.0. The summed E-state index contributed by atoms with van der Waals surface area (Å²) in [6.07, 6.45) is 10.7. The van der Waals surface area contributed by atoms with Gasteiger partial charge in [-0.25, -0.2) is 0 Å². The first-order chi connectivity index (χ1) is 21.0. The predicted molar refractivity (Wildman–Crippen MR) is 166 cm³/mol. The van der Waals surface area contributed by atoms with Gasteiger partial charge in [0.05, 0.1) is 23.4 Å². The molecule has 0 bridgehead atoms. The van der Waals surface area contributed by atoms with Crippen LogP contribution >= 0.6 is 0 Å². The zero-order chi connectivity index (χ0) is 30.0. The first kappa shape index (κ1) is 29.4. The van der Waals surface area contributed by atoms with Crippen molar-refractivity contribution in [1.82, 2.24) is 14.9 Å². The van der Waals surface area contributed by atoms with Crippen molar-refractivity contribution >= 4 is 29.2 Å². The van der Waals surface area contributed by atoms with Gasteiger partial charge >= 0.3 is 5.97 Å². The minimum atomic E-state index is -0.969. The van der Waals surface area contributed by atoms with Crippen LogP contribution in [0.4, 0.5) is 11.4 Å². The van der Waals surface area contributed by atoms with Gasteiger partial charge in [-0.2, -0.15) is 0 Å². The van der Waals surface area contributed by atoms with E-state index in [1.165, 1.54) is 23.9 Å². The van der Waals surface area contributed by atoms with E-state index in [4.69, 9.17) is 0 Å². The average molecular weight is 578 g/mol.